The quantitative estimate of drug-likeness (QED) is 0.00824. The monoisotopic (exact) mass is 1280 g/mol. The van der Waals surface area contributed by atoms with Crippen LogP contribution in [0.4, 0.5) is 17.1 Å². The highest BCUT2D eigenvalue weighted by atomic mass is 32.2. The number of ketones is 2. The average molecular weight is 1280 g/mol. The molecule has 1 aliphatic heterocycles. The molecule has 90 heavy (non-hydrogen) atoms. The van der Waals surface area contributed by atoms with Gasteiger partial charge in [-0.2, -0.15) is 21.0 Å². The molecule has 5 aromatic rings. The number of aryl methyl sites for hydroxylation is 2. The van der Waals surface area contributed by atoms with E-state index in [1.54, 1.807) is 37.3 Å². The molecule has 0 radical (unpaired) electrons. The first kappa shape index (κ1) is 70.7. The summed E-state index contributed by atoms with van der Waals surface area (Å²) < 4.78 is 61.0. The molecule has 0 bridgehead atoms. The number of hydrogen-bond acceptors (Lipinski definition) is 16. The number of carbonyl (C=O) groups is 7. The second-order valence-corrected chi connectivity index (χ2v) is 25.1. The second-order valence-electron chi connectivity index (χ2n) is 23.0. The molecule has 0 spiro atoms. The number of amides is 5. The fourth-order valence-electron chi connectivity index (χ4n) is 10.4. The van der Waals surface area contributed by atoms with Gasteiger partial charge in [0.05, 0.1) is 19.5 Å². The predicted octanol–water partition coefficient (Wildman–Crippen LogP) is 9.35. The van der Waals surface area contributed by atoms with Gasteiger partial charge in [-0.05, 0) is 143 Å². The number of rotatable bonds is 34. The van der Waals surface area contributed by atoms with Crippen molar-refractivity contribution in [3.05, 3.63) is 148 Å². The summed E-state index contributed by atoms with van der Waals surface area (Å²) >= 11 is 4.26. The second kappa shape index (κ2) is 32.9. The van der Waals surface area contributed by atoms with Gasteiger partial charge in [-0.1, -0.05) is 69.0 Å². The number of methoxy groups -OCH3 is 2. The minimum Gasteiger partial charge on any atom is -0.493 e. The van der Waals surface area contributed by atoms with Crippen LogP contribution >= 0.6 is 12.6 Å². The Bertz CT molecular complexity index is 3560. The van der Waals surface area contributed by atoms with Gasteiger partial charge >= 0.3 is 0 Å². The molecule has 6 atom stereocenters. The first-order valence-corrected chi connectivity index (χ1v) is 31.9. The van der Waals surface area contributed by atoms with E-state index in [1.165, 1.54) is 70.1 Å². The molecule has 1 heterocycles. The first-order valence-electron chi connectivity index (χ1n) is 29.9. The largest absolute Gasteiger partial charge is 0.493 e. The Labute approximate surface area is 533 Å². The highest BCUT2D eigenvalue weighted by Crippen LogP contribution is 2.38. The van der Waals surface area contributed by atoms with Crippen LogP contribution in [-0.2, 0) is 60.1 Å². The normalized spacial score (nSPS) is 14.7. The van der Waals surface area contributed by atoms with Gasteiger partial charge in [0.15, 0.2) is 39.9 Å². The number of ether oxygens (including phenoxy) is 4. The Morgan fingerprint density at radius 2 is 1.22 bits per heavy atom. The van der Waals surface area contributed by atoms with E-state index < -0.39 is 62.2 Å². The van der Waals surface area contributed by atoms with Crippen molar-refractivity contribution in [3.63, 3.8) is 0 Å². The Morgan fingerprint density at radius 1 is 0.700 bits per heavy atom. The lowest BCUT2D eigenvalue weighted by molar-refractivity contribution is -0.130. The Balaban J connectivity index is 1.19. The minimum atomic E-state index is -4.76. The third-order valence-corrected chi connectivity index (χ3v) is 17.1. The van der Waals surface area contributed by atoms with Gasteiger partial charge in [0, 0.05) is 84.9 Å². The van der Waals surface area contributed by atoms with Crippen molar-refractivity contribution in [2.75, 3.05) is 49.8 Å². The van der Waals surface area contributed by atoms with Crippen LogP contribution in [0, 0.1) is 25.7 Å². The molecule has 1 fully saturated rings. The Hall–Kier alpha value is -8.41. The summed E-state index contributed by atoms with van der Waals surface area (Å²) in [6.07, 6.45) is 2.51. The smallest absolute Gasteiger partial charge is 0.286 e. The highest BCUT2D eigenvalue weighted by Gasteiger charge is 2.33. The summed E-state index contributed by atoms with van der Waals surface area (Å²) in [4.78, 5) is 92.6. The maximum absolute atomic E-state index is 14.0. The summed E-state index contributed by atoms with van der Waals surface area (Å²) in [6, 6.07) is 24.7. The number of unbranched alkanes of at least 4 members (excludes halogenated alkanes) is 1. The standard InChI is InChI=1S/C67H85N7O14S2/c1-39(26-50-20-14-12-18-40(50)2)36-69-55-34-59(57(85-10)32-53(55)46(8)75)87-37-48-29-49(38-88-60-35-56(54(47(9)76)33-58(60)86-11)73-66(90(82,83)84)42(4)27-51-21-15-13-19-41(51)3)31-52(30-48)72-65(80)45(7)71-64(79)44(6)70-63(78)23-17-16-22-62(77)68-24-25-74-43(5)28-61(89)67(74)81/h12-15,18-21,29-35,39,42,44-45,61,66,69,73,89H,5,16-17,22-28,36-38H2,1-4,6-11H3,(H,68,77)(H,70,78)(H,71,79)(H,72,80)(H,82,83,84)/t39-,42?,44-,45?,61?,66?/m0/s1. The molecular formula is C67H85N7O14S2. The van der Waals surface area contributed by atoms with Crippen LogP contribution in [-0.4, -0.2) is 116 Å². The van der Waals surface area contributed by atoms with E-state index in [4.69, 9.17) is 18.9 Å². The minimum absolute atomic E-state index is 0.0402. The number of hydrogen-bond donors (Lipinski definition) is 8. The zero-order valence-corrected chi connectivity index (χ0v) is 54.6. The molecule has 5 amide bonds. The third kappa shape index (κ3) is 20.3. The van der Waals surface area contributed by atoms with Gasteiger partial charge in [-0.25, -0.2) is 0 Å². The number of nitrogens with zero attached hydrogens (tertiary/aromatic N) is 1. The van der Waals surface area contributed by atoms with Gasteiger partial charge in [0.25, 0.3) is 10.1 Å². The van der Waals surface area contributed by atoms with E-state index >= 15 is 0 Å². The maximum Gasteiger partial charge on any atom is 0.286 e. The molecule has 5 aromatic carbocycles. The van der Waals surface area contributed by atoms with E-state index in [2.05, 4.69) is 77.1 Å². The molecule has 7 N–H and O–H groups in total. The molecule has 0 aliphatic carbocycles. The number of thiol groups is 1. The molecular weight excluding hydrogens is 1190 g/mol. The number of allylic oxidation sites excluding steroid dienone is 1. The summed E-state index contributed by atoms with van der Waals surface area (Å²) in [5.74, 6) is -2.37. The molecule has 4 unspecified atom stereocenters. The van der Waals surface area contributed by atoms with Crippen LogP contribution in [0.2, 0.25) is 0 Å². The van der Waals surface area contributed by atoms with Gasteiger partial charge in [-0.15, -0.1) is 0 Å². The summed E-state index contributed by atoms with van der Waals surface area (Å²) in [5, 5.41) is 15.3. The third-order valence-electron chi connectivity index (χ3n) is 15.5. The molecule has 6 rings (SSSR count). The van der Waals surface area contributed by atoms with E-state index in [0.717, 1.165) is 17.5 Å². The van der Waals surface area contributed by atoms with Crippen LogP contribution < -0.4 is 50.8 Å². The van der Waals surface area contributed by atoms with Crippen molar-refractivity contribution in [1.29, 1.82) is 0 Å². The molecule has 23 heteroatoms. The number of carbonyl (C=O) groups excluding carboxylic acids is 7. The molecule has 484 valence electrons. The van der Waals surface area contributed by atoms with Crippen LogP contribution in [0.1, 0.15) is 128 Å². The van der Waals surface area contributed by atoms with Gasteiger partial charge in [0.2, 0.25) is 29.5 Å². The van der Waals surface area contributed by atoms with Crippen molar-refractivity contribution in [3.8, 4) is 23.0 Å². The fraction of sp³-hybridized carbons (Fsp3) is 0.418. The highest BCUT2D eigenvalue weighted by molar-refractivity contribution is 7.86. The average Bonchev–Trinajstić information content (AvgIpc) is 1.33. The van der Waals surface area contributed by atoms with E-state index in [-0.39, 0.29) is 103 Å². The molecule has 0 aromatic heterocycles. The van der Waals surface area contributed by atoms with Crippen LogP contribution in [0.25, 0.3) is 0 Å². The zero-order valence-electron chi connectivity index (χ0n) is 52.9. The van der Waals surface area contributed by atoms with Crippen molar-refractivity contribution < 1.29 is 65.5 Å². The van der Waals surface area contributed by atoms with Crippen molar-refractivity contribution in [1.82, 2.24) is 20.9 Å². The lowest BCUT2D eigenvalue weighted by atomic mass is 9.97. The van der Waals surface area contributed by atoms with Gasteiger partial charge < -0.3 is 55.7 Å². The molecule has 0 saturated carbocycles. The van der Waals surface area contributed by atoms with E-state index in [0.29, 0.717) is 59.6 Å². The number of likely N-dealkylation sites (tertiary alicyclic amines) is 1. The first-order chi connectivity index (χ1) is 42.6. The van der Waals surface area contributed by atoms with Gasteiger partial charge in [0.1, 0.15) is 25.3 Å². The molecule has 1 aliphatic rings. The lowest BCUT2D eigenvalue weighted by Gasteiger charge is -2.26. The van der Waals surface area contributed by atoms with Crippen LogP contribution in [0.5, 0.6) is 23.0 Å². The lowest BCUT2D eigenvalue weighted by Crippen LogP contribution is -2.50. The summed E-state index contributed by atoms with van der Waals surface area (Å²) in [6.45, 7) is 18.2. The molecule has 21 nitrogen and oxygen atoms in total. The van der Waals surface area contributed by atoms with Crippen LogP contribution in [0.15, 0.2) is 103 Å². The van der Waals surface area contributed by atoms with Crippen molar-refractivity contribution >= 4 is 80.9 Å². The number of nitrogens with one attached hydrogen (secondary N) is 6. The SMILES string of the molecule is C=C1CC(S)C(=O)N1CCNC(=O)CCCCC(=O)N[C@@H](C)C(=O)NC(C)C(=O)Nc1cc(COc2cc(NC[C@@H](C)Cc3ccccc3C)c(C(C)=O)cc2OC)cc(COc2cc(NC(C(C)Cc3ccccc3C)S(=O)(=O)O)c(C(C)=O)cc2OC)c1. The Morgan fingerprint density at radius 3 is 1.74 bits per heavy atom. The maximum atomic E-state index is 14.0. The number of anilines is 3. The topological polar surface area (TPSA) is 286 Å². The van der Waals surface area contributed by atoms with Crippen molar-refractivity contribution in [2.24, 2.45) is 11.8 Å². The van der Waals surface area contributed by atoms with Crippen molar-refractivity contribution in [2.45, 2.75) is 136 Å². The zero-order chi connectivity index (χ0) is 66.0. The molecule has 1 saturated heterocycles. The van der Waals surface area contributed by atoms with Crippen LogP contribution in [0.3, 0.4) is 0 Å². The fourth-order valence-corrected chi connectivity index (χ4v) is 11.7. The Kier molecular flexibility index (Phi) is 25.8. The predicted molar refractivity (Wildman–Crippen MR) is 350 cm³/mol. The van der Waals surface area contributed by atoms with E-state index in [1.807, 2.05) is 43.3 Å². The van der Waals surface area contributed by atoms with E-state index in [9.17, 15) is 46.5 Å². The number of Topliss-reactive ketones (excluding diaryl/α,β-unsaturated/α-hetero) is 2. The van der Waals surface area contributed by atoms with Gasteiger partial charge in [-0.3, -0.25) is 38.1 Å². The summed E-state index contributed by atoms with van der Waals surface area (Å²) in [7, 11) is -1.92. The number of benzene rings is 5. The summed E-state index contributed by atoms with van der Waals surface area (Å²) in [5.41, 5.74) is 7.21.